The fraction of sp³-hybridized carbons (Fsp3) is 0.316. The smallest absolute Gasteiger partial charge is 0.220 e. The van der Waals surface area contributed by atoms with E-state index in [0.29, 0.717) is 31.0 Å². The number of hydrogen-bond acceptors (Lipinski definition) is 3. The number of para-hydroxylation sites is 1. The van der Waals surface area contributed by atoms with Crippen molar-refractivity contribution >= 4 is 23.2 Å². The Morgan fingerprint density at radius 1 is 1.12 bits per heavy atom. The fourth-order valence-corrected chi connectivity index (χ4v) is 2.34. The zero-order valence-electron chi connectivity index (χ0n) is 13.9. The van der Waals surface area contributed by atoms with Crippen LogP contribution in [0.4, 0.5) is 5.69 Å². The van der Waals surface area contributed by atoms with Crippen LogP contribution in [0, 0.1) is 0 Å². The molecule has 2 aromatic rings. The lowest BCUT2D eigenvalue weighted by Crippen LogP contribution is -2.33. The molecular formula is C19H23ClN2O2. The van der Waals surface area contributed by atoms with Crippen molar-refractivity contribution in [2.75, 3.05) is 31.6 Å². The van der Waals surface area contributed by atoms with Gasteiger partial charge in [-0.15, -0.1) is 0 Å². The first-order valence-electron chi connectivity index (χ1n) is 8.06. The topological polar surface area (TPSA) is 41.6 Å². The van der Waals surface area contributed by atoms with Crippen molar-refractivity contribution in [2.24, 2.45) is 0 Å². The molecule has 24 heavy (non-hydrogen) atoms. The van der Waals surface area contributed by atoms with E-state index in [-0.39, 0.29) is 5.91 Å². The van der Waals surface area contributed by atoms with Crippen LogP contribution in [0.3, 0.4) is 0 Å². The Labute approximate surface area is 148 Å². The molecule has 0 unspecified atom stereocenters. The van der Waals surface area contributed by atoms with Gasteiger partial charge in [0, 0.05) is 37.3 Å². The summed E-state index contributed by atoms with van der Waals surface area (Å²) in [5.74, 6) is 0.820. The molecule has 0 aliphatic carbocycles. The maximum atomic E-state index is 11.8. The number of rotatable bonds is 9. The summed E-state index contributed by atoms with van der Waals surface area (Å²) in [4.78, 5) is 13.9. The number of nitrogens with zero attached hydrogens (tertiary/aromatic N) is 1. The SMILES string of the molecule is CN(CCNC(=O)CCCOc1ccc(Cl)cc1)c1ccccc1. The van der Waals surface area contributed by atoms with Crippen LogP contribution in [0.5, 0.6) is 5.75 Å². The van der Waals surface area contributed by atoms with Crippen LogP contribution in [0.1, 0.15) is 12.8 Å². The molecule has 0 heterocycles. The van der Waals surface area contributed by atoms with E-state index in [4.69, 9.17) is 16.3 Å². The van der Waals surface area contributed by atoms with Crippen LogP contribution in [0.25, 0.3) is 0 Å². The molecule has 0 saturated heterocycles. The molecule has 0 atom stereocenters. The van der Waals surface area contributed by atoms with Gasteiger partial charge in [0.1, 0.15) is 5.75 Å². The minimum Gasteiger partial charge on any atom is -0.494 e. The molecule has 0 aliphatic heterocycles. The largest absolute Gasteiger partial charge is 0.494 e. The first-order chi connectivity index (χ1) is 11.6. The molecule has 128 valence electrons. The van der Waals surface area contributed by atoms with Gasteiger partial charge in [0.15, 0.2) is 0 Å². The molecule has 5 heteroatoms. The molecule has 2 rings (SSSR count). The van der Waals surface area contributed by atoms with E-state index in [1.165, 1.54) is 0 Å². The molecule has 0 saturated carbocycles. The zero-order chi connectivity index (χ0) is 17.2. The molecule has 0 aliphatic rings. The van der Waals surface area contributed by atoms with E-state index in [1.54, 1.807) is 12.1 Å². The number of amides is 1. The predicted molar refractivity (Wildman–Crippen MR) is 98.9 cm³/mol. The summed E-state index contributed by atoms with van der Waals surface area (Å²) in [6, 6.07) is 17.3. The van der Waals surface area contributed by atoms with E-state index < -0.39 is 0 Å². The van der Waals surface area contributed by atoms with E-state index in [2.05, 4.69) is 22.3 Å². The third-order valence-electron chi connectivity index (χ3n) is 3.60. The van der Waals surface area contributed by atoms with Crippen LogP contribution >= 0.6 is 11.6 Å². The number of halogens is 1. The van der Waals surface area contributed by atoms with Gasteiger partial charge in [0.25, 0.3) is 0 Å². The van der Waals surface area contributed by atoms with Gasteiger partial charge in [-0.2, -0.15) is 0 Å². The molecule has 0 spiro atoms. The lowest BCUT2D eigenvalue weighted by molar-refractivity contribution is -0.121. The number of anilines is 1. The lowest BCUT2D eigenvalue weighted by Gasteiger charge is -2.19. The molecule has 2 aromatic carbocycles. The van der Waals surface area contributed by atoms with Crippen molar-refractivity contribution in [3.8, 4) is 5.75 Å². The highest BCUT2D eigenvalue weighted by atomic mass is 35.5. The Bertz CT molecular complexity index is 617. The van der Waals surface area contributed by atoms with Crippen LogP contribution in [-0.2, 0) is 4.79 Å². The average molecular weight is 347 g/mol. The lowest BCUT2D eigenvalue weighted by atomic mass is 10.3. The third kappa shape index (κ3) is 6.50. The second kappa shape index (κ2) is 9.83. The fourth-order valence-electron chi connectivity index (χ4n) is 2.22. The molecule has 1 N–H and O–H groups in total. The number of benzene rings is 2. The summed E-state index contributed by atoms with van der Waals surface area (Å²) in [7, 11) is 2.02. The highest BCUT2D eigenvalue weighted by Gasteiger charge is 2.03. The summed E-state index contributed by atoms with van der Waals surface area (Å²) < 4.78 is 5.57. The normalized spacial score (nSPS) is 10.2. The average Bonchev–Trinajstić information content (AvgIpc) is 2.61. The molecular weight excluding hydrogens is 324 g/mol. The number of carbonyl (C=O) groups is 1. The Morgan fingerprint density at radius 2 is 1.83 bits per heavy atom. The quantitative estimate of drug-likeness (QED) is 0.703. The van der Waals surface area contributed by atoms with Gasteiger partial charge >= 0.3 is 0 Å². The van der Waals surface area contributed by atoms with E-state index in [0.717, 1.165) is 18.0 Å². The zero-order valence-corrected chi connectivity index (χ0v) is 14.6. The Kier molecular flexibility index (Phi) is 7.43. The van der Waals surface area contributed by atoms with Crippen molar-refractivity contribution in [1.82, 2.24) is 5.32 Å². The van der Waals surface area contributed by atoms with Crippen LogP contribution < -0.4 is 15.0 Å². The highest BCUT2D eigenvalue weighted by Crippen LogP contribution is 2.15. The van der Waals surface area contributed by atoms with Crippen LogP contribution in [-0.4, -0.2) is 32.7 Å². The van der Waals surface area contributed by atoms with Gasteiger partial charge in [0.2, 0.25) is 5.91 Å². The molecule has 0 radical (unpaired) electrons. The number of hydrogen-bond donors (Lipinski definition) is 1. The monoisotopic (exact) mass is 346 g/mol. The van der Waals surface area contributed by atoms with Crippen molar-refractivity contribution in [3.05, 3.63) is 59.6 Å². The van der Waals surface area contributed by atoms with Gasteiger partial charge in [-0.05, 0) is 42.8 Å². The summed E-state index contributed by atoms with van der Waals surface area (Å²) in [6.07, 6.45) is 1.14. The van der Waals surface area contributed by atoms with Crippen LogP contribution in [0.15, 0.2) is 54.6 Å². The molecule has 0 aromatic heterocycles. The van der Waals surface area contributed by atoms with Gasteiger partial charge in [-0.3, -0.25) is 4.79 Å². The first-order valence-corrected chi connectivity index (χ1v) is 8.44. The maximum Gasteiger partial charge on any atom is 0.220 e. The van der Waals surface area contributed by atoms with E-state index >= 15 is 0 Å². The molecule has 4 nitrogen and oxygen atoms in total. The number of likely N-dealkylation sites (N-methyl/N-ethyl adjacent to an activating group) is 1. The highest BCUT2D eigenvalue weighted by molar-refractivity contribution is 6.30. The second-order valence-electron chi connectivity index (χ2n) is 5.51. The summed E-state index contributed by atoms with van der Waals surface area (Å²) >= 11 is 5.81. The number of carbonyl (C=O) groups excluding carboxylic acids is 1. The predicted octanol–water partition coefficient (Wildman–Crippen LogP) is 3.75. The van der Waals surface area contributed by atoms with Gasteiger partial charge in [-0.25, -0.2) is 0 Å². The van der Waals surface area contributed by atoms with Crippen molar-refractivity contribution in [3.63, 3.8) is 0 Å². The summed E-state index contributed by atoms with van der Waals surface area (Å²) in [5, 5.41) is 3.62. The van der Waals surface area contributed by atoms with Gasteiger partial charge in [0.05, 0.1) is 6.61 Å². The molecule has 0 bridgehead atoms. The first kappa shape index (κ1) is 18.1. The minimum absolute atomic E-state index is 0.0520. The van der Waals surface area contributed by atoms with E-state index in [1.807, 2.05) is 37.4 Å². The minimum atomic E-state index is 0.0520. The molecule has 1 amide bonds. The Balaban J connectivity index is 1.56. The van der Waals surface area contributed by atoms with Gasteiger partial charge < -0.3 is 15.0 Å². The van der Waals surface area contributed by atoms with Crippen molar-refractivity contribution < 1.29 is 9.53 Å². The van der Waals surface area contributed by atoms with Crippen LogP contribution in [0.2, 0.25) is 5.02 Å². The summed E-state index contributed by atoms with van der Waals surface area (Å²) in [6.45, 7) is 1.91. The Hall–Kier alpha value is -2.20. The molecule has 0 fully saturated rings. The van der Waals surface area contributed by atoms with Crippen molar-refractivity contribution in [1.29, 1.82) is 0 Å². The second-order valence-corrected chi connectivity index (χ2v) is 5.95. The van der Waals surface area contributed by atoms with Gasteiger partial charge in [-0.1, -0.05) is 29.8 Å². The third-order valence-corrected chi connectivity index (χ3v) is 3.85. The number of nitrogens with one attached hydrogen (secondary N) is 1. The maximum absolute atomic E-state index is 11.8. The number of ether oxygens (including phenoxy) is 1. The van der Waals surface area contributed by atoms with E-state index in [9.17, 15) is 4.79 Å². The Morgan fingerprint density at radius 3 is 2.54 bits per heavy atom. The van der Waals surface area contributed by atoms with Crippen molar-refractivity contribution in [2.45, 2.75) is 12.8 Å². The standard InChI is InChI=1S/C19H23ClN2O2/c1-22(17-6-3-2-4-7-17)14-13-21-19(23)8-5-15-24-18-11-9-16(20)10-12-18/h2-4,6-7,9-12H,5,8,13-15H2,1H3,(H,21,23). The summed E-state index contributed by atoms with van der Waals surface area (Å²) in [5.41, 5.74) is 1.14.